The predicted molar refractivity (Wildman–Crippen MR) is 68.3 cm³/mol. The average molecular weight is 262 g/mol. The van der Waals surface area contributed by atoms with Crippen molar-refractivity contribution in [2.24, 2.45) is 0 Å². The summed E-state index contributed by atoms with van der Waals surface area (Å²) in [4.78, 5) is 0. The number of thiocarbonyl (C=S) groups is 1. The minimum Gasteiger partial charge on any atom is -0.484 e. The van der Waals surface area contributed by atoms with E-state index in [1.807, 2.05) is 13.8 Å². The van der Waals surface area contributed by atoms with E-state index in [0.717, 1.165) is 0 Å². The Labute approximate surface area is 105 Å². The first-order valence-corrected chi connectivity index (χ1v) is 5.61. The molecule has 5 heteroatoms. The highest BCUT2D eigenvalue weighted by Crippen LogP contribution is 2.23. The summed E-state index contributed by atoms with van der Waals surface area (Å²) < 4.78 is 18.4. The fourth-order valence-corrected chi connectivity index (χ4v) is 1.77. The lowest BCUT2D eigenvalue weighted by Gasteiger charge is -2.12. The van der Waals surface area contributed by atoms with Gasteiger partial charge in [-0.05, 0) is 43.8 Å². The first-order chi connectivity index (χ1) is 7.40. The van der Waals surface area contributed by atoms with Gasteiger partial charge in [-0.25, -0.2) is 4.39 Å². The van der Waals surface area contributed by atoms with Crippen LogP contribution in [-0.2, 0) is 11.2 Å². The molecule has 1 aromatic rings. The minimum atomic E-state index is -0.524. The first kappa shape index (κ1) is 13.2. The molecule has 0 heterocycles. The van der Waals surface area contributed by atoms with E-state index in [9.17, 15) is 4.39 Å². The predicted octanol–water partition coefficient (Wildman–Crippen LogP) is 3.36. The molecule has 0 spiro atoms. The molecule has 16 heavy (non-hydrogen) atoms. The molecule has 0 saturated carbocycles. The molecule has 0 aliphatic carbocycles. The van der Waals surface area contributed by atoms with Crippen LogP contribution in [0.25, 0.3) is 0 Å². The van der Waals surface area contributed by atoms with Crippen LogP contribution in [0.15, 0.2) is 12.1 Å². The second-order valence-electron chi connectivity index (χ2n) is 3.68. The molecule has 0 aliphatic heterocycles. The standard InChI is InChI=1S/C11H13ClFNOS/c1-6(2)15-11(16)4-7-3-10(14)9(13)5-8(7)12/h3,5-6H,4,14H2,1-2H3. The molecule has 1 aromatic carbocycles. The number of nitrogens with two attached hydrogens (primary N) is 1. The van der Waals surface area contributed by atoms with Crippen LogP contribution in [-0.4, -0.2) is 11.2 Å². The maximum Gasteiger partial charge on any atom is 0.164 e. The third-order valence-electron chi connectivity index (χ3n) is 1.87. The van der Waals surface area contributed by atoms with E-state index < -0.39 is 5.82 Å². The van der Waals surface area contributed by atoms with Crippen LogP contribution in [0.1, 0.15) is 19.4 Å². The van der Waals surface area contributed by atoms with Crippen LogP contribution in [0, 0.1) is 5.82 Å². The molecule has 2 nitrogen and oxygen atoms in total. The minimum absolute atomic E-state index is 0.0177. The molecule has 0 amide bonds. The summed E-state index contributed by atoms with van der Waals surface area (Å²) in [5.41, 5.74) is 6.18. The van der Waals surface area contributed by atoms with Gasteiger partial charge in [0.05, 0.1) is 11.8 Å². The number of hydrogen-bond donors (Lipinski definition) is 1. The Morgan fingerprint density at radius 3 is 2.75 bits per heavy atom. The molecule has 0 fully saturated rings. The summed E-state index contributed by atoms with van der Waals surface area (Å²) in [6.45, 7) is 3.76. The lowest BCUT2D eigenvalue weighted by atomic mass is 10.1. The van der Waals surface area contributed by atoms with Crippen molar-refractivity contribution in [3.63, 3.8) is 0 Å². The SMILES string of the molecule is CC(C)OC(=S)Cc1cc(N)c(F)cc1Cl. The van der Waals surface area contributed by atoms with Crippen LogP contribution in [0.2, 0.25) is 5.02 Å². The number of hydrogen-bond acceptors (Lipinski definition) is 3. The molecule has 2 N–H and O–H groups in total. The van der Waals surface area contributed by atoms with Gasteiger partial charge < -0.3 is 10.5 Å². The van der Waals surface area contributed by atoms with Gasteiger partial charge in [0.25, 0.3) is 0 Å². The Balaban J connectivity index is 2.81. The fourth-order valence-electron chi connectivity index (χ4n) is 1.21. The van der Waals surface area contributed by atoms with Crippen LogP contribution in [0.5, 0.6) is 0 Å². The number of anilines is 1. The topological polar surface area (TPSA) is 35.2 Å². The Morgan fingerprint density at radius 2 is 2.19 bits per heavy atom. The Hall–Kier alpha value is -0.870. The summed E-state index contributed by atoms with van der Waals surface area (Å²) >= 11 is 10.9. The van der Waals surface area contributed by atoms with Gasteiger partial charge in [0, 0.05) is 11.4 Å². The lowest BCUT2D eigenvalue weighted by Crippen LogP contribution is -2.12. The number of halogens is 2. The number of rotatable bonds is 3. The van der Waals surface area contributed by atoms with Crippen molar-refractivity contribution in [3.8, 4) is 0 Å². The van der Waals surface area contributed by atoms with Gasteiger partial charge in [-0.1, -0.05) is 11.6 Å². The molecular formula is C11H13ClFNOS. The molecule has 0 aliphatic rings. The van der Waals surface area contributed by atoms with E-state index in [0.29, 0.717) is 22.1 Å². The summed E-state index contributed by atoms with van der Waals surface area (Å²) in [6, 6.07) is 2.66. The lowest BCUT2D eigenvalue weighted by molar-refractivity contribution is 0.230. The van der Waals surface area contributed by atoms with Crippen molar-refractivity contribution < 1.29 is 9.13 Å². The van der Waals surface area contributed by atoms with Gasteiger partial charge in [0.15, 0.2) is 5.05 Å². The van der Waals surface area contributed by atoms with E-state index >= 15 is 0 Å². The van der Waals surface area contributed by atoms with Crippen LogP contribution in [0.3, 0.4) is 0 Å². The van der Waals surface area contributed by atoms with Gasteiger partial charge in [-0.2, -0.15) is 0 Å². The van der Waals surface area contributed by atoms with E-state index in [-0.39, 0.29) is 11.8 Å². The maximum atomic E-state index is 13.0. The fraction of sp³-hybridized carbons (Fsp3) is 0.364. The zero-order chi connectivity index (χ0) is 12.3. The van der Waals surface area contributed by atoms with Crippen molar-refractivity contribution in [1.29, 1.82) is 0 Å². The normalized spacial score (nSPS) is 10.6. The molecular weight excluding hydrogens is 249 g/mol. The highest BCUT2D eigenvalue weighted by molar-refractivity contribution is 7.80. The number of benzene rings is 1. The van der Waals surface area contributed by atoms with E-state index in [2.05, 4.69) is 0 Å². The zero-order valence-corrected chi connectivity index (χ0v) is 10.7. The quantitative estimate of drug-likeness (QED) is 0.669. The third kappa shape index (κ3) is 3.61. The zero-order valence-electron chi connectivity index (χ0n) is 9.09. The largest absolute Gasteiger partial charge is 0.484 e. The molecule has 0 bridgehead atoms. The maximum absolute atomic E-state index is 13.0. The summed E-state index contributed by atoms with van der Waals surface area (Å²) in [5, 5.41) is 0.726. The summed E-state index contributed by atoms with van der Waals surface area (Å²) in [7, 11) is 0. The smallest absolute Gasteiger partial charge is 0.164 e. The van der Waals surface area contributed by atoms with Crippen molar-refractivity contribution in [2.75, 3.05) is 5.73 Å². The van der Waals surface area contributed by atoms with Gasteiger partial charge in [-0.3, -0.25) is 0 Å². The molecule has 0 unspecified atom stereocenters. The van der Waals surface area contributed by atoms with Gasteiger partial charge >= 0.3 is 0 Å². The van der Waals surface area contributed by atoms with Gasteiger partial charge in [0.1, 0.15) is 5.82 Å². The van der Waals surface area contributed by atoms with E-state index in [4.69, 9.17) is 34.3 Å². The van der Waals surface area contributed by atoms with Gasteiger partial charge in [0.2, 0.25) is 0 Å². The van der Waals surface area contributed by atoms with Crippen LogP contribution >= 0.6 is 23.8 Å². The second-order valence-corrected chi connectivity index (χ2v) is 4.54. The molecule has 0 saturated heterocycles. The third-order valence-corrected chi connectivity index (χ3v) is 2.46. The molecule has 0 atom stereocenters. The summed E-state index contributed by atoms with van der Waals surface area (Å²) in [5.74, 6) is -0.524. The van der Waals surface area contributed by atoms with Crippen LogP contribution in [0.4, 0.5) is 10.1 Å². The molecule has 0 aromatic heterocycles. The Bertz CT molecular complexity index is 409. The van der Waals surface area contributed by atoms with E-state index in [1.165, 1.54) is 12.1 Å². The first-order valence-electron chi connectivity index (χ1n) is 4.83. The van der Waals surface area contributed by atoms with Crippen molar-refractivity contribution >= 4 is 34.6 Å². The average Bonchev–Trinajstić information content (AvgIpc) is 2.12. The number of nitrogen functional groups attached to an aromatic ring is 1. The summed E-state index contributed by atoms with van der Waals surface area (Å²) in [6.07, 6.45) is 0.376. The molecule has 1 rings (SSSR count). The monoisotopic (exact) mass is 261 g/mol. The van der Waals surface area contributed by atoms with Crippen molar-refractivity contribution in [1.82, 2.24) is 0 Å². The van der Waals surface area contributed by atoms with Crippen molar-refractivity contribution in [2.45, 2.75) is 26.4 Å². The Morgan fingerprint density at radius 1 is 1.56 bits per heavy atom. The van der Waals surface area contributed by atoms with Crippen molar-refractivity contribution in [3.05, 3.63) is 28.5 Å². The van der Waals surface area contributed by atoms with Gasteiger partial charge in [-0.15, -0.1) is 0 Å². The number of ether oxygens (including phenoxy) is 1. The van der Waals surface area contributed by atoms with E-state index in [1.54, 1.807) is 0 Å². The highest BCUT2D eigenvalue weighted by Gasteiger charge is 2.10. The van der Waals surface area contributed by atoms with Crippen LogP contribution < -0.4 is 5.73 Å². The Kier molecular flexibility index (Phi) is 4.50. The molecule has 88 valence electrons. The highest BCUT2D eigenvalue weighted by atomic mass is 35.5. The molecule has 0 radical (unpaired) electrons. The second kappa shape index (κ2) is 5.46.